The fourth-order valence-corrected chi connectivity index (χ4v) is 4.13. The molecule has 2 aliphatic rings. The lowest BCUT2D eigenvalue weighted by atomic mass is 10.1. The van der Waals surface area contributed by atoms with Crippen molar-refractivity contribution in [1.82, 2.24) is 24.6 Å². The van der Waals surface area contributed by atoms with Crippen molar-refractivity contribution in [2.45, 2.75) is 32.1 Å². The van der Waals surface area contributed by atoms with Gasteiger partial charge in [0.2, 0.25) is 17.6 Å². The van der Waals surface area contributed by atoms with Crippen LogP contribution < -0.4 is 4.74 Å². The Bertz CT molecular complexity index is 991. The lowest BCUT2D eigenvalue weighted by Crippen LogP contribution is -2.43. The molecule has 0 N–H and O–H groups in total. The number of likely N-dealkylation sites (tertiary alicyclic amines) is 1. The summed E-state index contributed by atoms with van der Waals surface area (Å²) >= 11 is 0. The summed E-state index contributed by atoms with van der Waals surface area (Å²) in [5, 5.41) is 6.83. The molecule has 8 nitrogen and oxygen atoms in total. The first-order valence-electron chi connectivity index (χ1n) is 9.95. The van der Waals surface area contributed by atoms with Crippen molar-refractivity contribution in [3.05, 3.63) is 41.5 Å². The molecule has 1 unspecified atom stereocenters. The average Bonchev–Trinajstić information content (AvgIpc) is 3.34. The summed E-state index contributed by atoms with van der Waals surface area (Å²) in [7, 11) is 1.59. The van der Waals surface area contributed by atoms with Gasteiger partial charge in [0.15, 0.2) is 5.82 Å². The lowest BCUT2D eigenvalue weighted by molar-refractivity contribution is -0.148. The Labute approximate surface area is 176 Å². The number of halogens is 3. The first-order chi connectivity index (χ1) is 14.8. The van der Waals surface area contributed by atoms with Crippen LogP contribution in [0.3, 0.4) is 0 Å². The lowest BCUT2D eigenvalue weighted by Gasteiger charge is -2.30. The number of benzene rings is 1. The zero-order valence-corrected chi connectivity index (χ0v) is 16.9. The molecule has 1 aromatic carbocycles. The van der Waals surface area contributed by atoms with Gasteiger partial charge in [0, 0.05) is 32.6 Å². The molecule has 4 rings (SSSR count). The minimum absolute atomic E-state index is 0.0267. The summed E-state index contributed by atoms with van der Waals surface area (Å²) in [4.78, 5) is 28.5. The van der Waals surface area contributed by atoms with Crippen LogP contribution in [0.4, 0.5) is 13.2 Å². The summed E-state index contributed by atoms with van der Waals surface area (Å²) in [6.07, 6.45) is -3.89. The molecule has 0 saturated carbocycles. The maximum Gasteiger partial charge on any atom is 0.451 e. The number of hydrogen-bond acceptors (Lipinski definition) is 5. The van der Waals surface area contributed by atoms with Crippen LogP contribution in [-0.2, 0) is 35.3 Å². The van der Waals surface area contributed by atoms with Crippen LogP contribution in [0.25, 0.3) is 0 Å². The van der Waals surface area contributed by atoms with E-state index in [2.05, 4.69) is 10.2 Å². The predicted octanol–water partition coefficient (Wildman–Crippen LogP) is 1.74. The molecule has 2 aromatic rings. The minimum atomic E-state index is -4.59. The van der Waals surface area contributed by atoms with Gasteiger partial charge in [-0.1, -0.05) is 18.2 Å². The van der Waals surface area contributed by atoms with E-state index in [-0.39, 0.29) is 43.7 Å². The Hall–Kier alpha value is -3.11. The van der Waals surface area contributed by atoms with Crippen molar-refractivity contribution < 1.29 is 27.5 Å². The van der Waals surface area contributed by atoms with Gasteiger partial charge in [0.25, 0.3) is 0 Å². The van der Waals surface area contributed by atoms with Crippen molar-refractivity contribution in [1.29, 1.82) is 0 Å². The Morgan fingerprint density at radius 3 is 2.74 bits per heavy atom. The third-order valence-electron chi connectivity index (χ3n) is 5.73. The van der Waals surface area contributed by atoms with Crippen LogP contribution in [0.5, 0.6) is 5.75 Å². The Morgan fingerprint density at radius 2 is 2.00 bits per heavy atom. The number of nitrogens with zero attached hydrogens (tertiary/aromatic N) is 5. The van der Waals surface area contributed by atoms with Gasteiger partial charge < -0.3 is 19.1 Å². The van der Waals surface area contributed by atoms with Gasteiger partial charge in [-0.3, -0.25) is 9.59 Å². The molecule has 0 bridgehead atoms. The summed E-state index contributed by atoms with van der Waals surface area (Å²) in [5.41, 5.74) is 0.975. The number of carbonyl (C=O) groups is 2. The minimum Gasteiger partial charge on any atom is -0.496 e. The first kappa shape index (κ1) is 21.1. The van der Waals surface area contributed by atoms with E-state index < -0.39 is 17.9 Å². The largest absolute Gasteiger partial charge is 0.496 e. The monoisotopic (exact) mass is 437 g/mol. The molecular weight excluding hydrogens is 415 g/mol. The molecule has 11 heteroatoms. The van der Waals surface area contributed by atoms with E-state index in [9.17, 15) is 22.8 Å². The highest BCUT2D eigenvalue weighted by molar-refractivity contribution is 5.89. The third-order valence-corrected chi connectivity index (χ3v) is 5.73. The predicted molar refractivity (Wildman–Crippen MR) is 102 cm³/mol. The molecule has 1 aromatic heterocycles. The number of rotatable bonds is 5. The molecule has 0 spiro atoms. The molecule has 3 heterocycles. The van der Waals surface area contributed by atoms with E-state index >= 15 is 0 Å². The highest BCUT2D eigenvalue weighted by Gasteiger charge is 2.41. The summed E-state index contributed by atoms with van der Waals surface area (Å²) in [5.74, 6) is -1.06. The van der Waals surface area contributed by atoms with Gasteiger partial charge in [-0.2, -0.15) is 13.2 Å². The highest BCUT2D eigenvalue weighted by atomic mass is 19.4. The van der Waals surface area contributed by atoms with Crippen LogP contribution in [0.15, 0.2) is 24.3 Å². The molecule has 2 aliphatic heterocycles. The van der Waals surface area contributed by atoms with Gasteiger partial charge in [-0.25, -0.2) is 0 Å². The maximum absolute atomic E-state index is 13.0. The van der Waals surface area contributed by atoms with E-state index in [1.54, 1.807) is 12.0 Å². The number of fused-ring (bicyclic) bond motifs is 1. The topological polar surface area (TPSA) is 80.6 Å². The Kier molecular flexibility index (Phi) is 5.59. The van der Waals surface area contributed by atoms with Gasteiger partial charge in [0.05, 0.1) is 19.6 Å². The van der Waals surface area contributed by atoms with Crippen molar-refractivity contribution >= 4 is 11.8 Å². The van der Waals surface area contributed by atoms with Gasteiger partial charge in [-0.05, 0) is 18.1 Å². The third kappa shape index (κ3) is 4.21. The Morgan fingerprint density at radius 1 is 1.23 bits per heavy atom. The molecule has 1 saturated heterocycles. The number of aromatic nitrogens is 3. The number of para-hydroxylation sites is 1. The summed E-state index contributed by atoms with van der Waals surface area (Å²) in [6.45, 7) is 0.809. The molecule has 31 heavy (non-hydrogen) atoms. The average molecular weight is 437 g/mol. The van der Waals surface area contributed by atoms with E-state index in [0.29, 0.717) is 19.5 Å². The molecule has 166 valence electrons. The second-order valence-corrected chi connectivity index (χ2v) is 7.65. The molecule has 1 fully saturated rings. The van der Waals surface area contributed by atoms with Crippen molar-refractivity contribution in [3.8, 4) is 5.75 Å². The van der Waals surface area contributed by atoms with Crippen molar-refractivity contribution in [3.63, 3.8) is 0 Å². The first-order valence-corrected chi connectivity index (χ1v) is 9.95. The molecule has 1 atom stereocenters. The Balaban J connectivity index is 1.37. The maximum atomic E-state index is 13.0. The second-order valence-electron chi connectivity index (χ2n) is 7.65. The standard InChI is InChI=1S/C20H22F3N5O3/c1-31-15-5-3-2-4-13(15)6-7-26-11-14(10-17(26)29)18(30)27-8-9-28-16(12-27)24-25-19(28)20(21,22)23/h2-5,14H,6-12H2,1H3. The van der Waals surface area contributed by atoms with Crippen LogP contribution >= 0.6 is 0 Å². The second kappa shape index (κ2) is 8.20. The highest BCUT2D eigenvalue weighted by Crippen LogP contribution is 2.30. The number of ether oxygens (including phenoxy) is 1. The molecule has 2 amide bonds. The van der Waals surface area contributed by atoms with E-state index in [1.165, 1.54) is 4.90 Å². The number of alkyl halides is 3. The number of amides is 2. The number of hydrogen-bond donors (Lipinski definition) is 0. The van der Waals surface area contributed by atoms with Crippen LogP contribution in [0.2, 0.25) is 0 Å². The van der Waals surface area contributed by atoms with Crippen LogP contribution in [0, 0.1) is 5.92 Å². The van der Waals surface area contributed by atoms with Crippen LogP contribution in [0.1, 0.15) is 23.6 Å². The molecule has 0 radical (unpaired) electrons. The van der Waals surface area contributed by atoms with Gasteiger partial charge in [0.1, 0.15) is 5.75 Å². The van der Waals surface area contributed by atoms with E-state index in [0.717, 1.165) is 15.9 Å². The van der Waals surface area contributed by atoms with E-state index in [4.69, 9.17) is 4.74 Å². The fraction of sp³-hybridized carbons (Fsp3) is 0.500. The summed E-state index contributed by atoms with van der Waals surface area (Å²) < 4.78 is 45.3. The zero-order chi connectivity index (χ0) is 22.2. The smallest absolute Gasteiger partial charge is 0.451 e. The quantitative estimate of drug-likeness (QED) is 0.712. The van der Waals surface area contributed by atoms with Gasteiger partial charge >= 0.3 is 6.18 Å². The normalized spacial score (nSPS) is 19.0. The van der Waals surface area contributed by atoms with Crippen molar-refractivity contribution in [2.24, 2.45) is 5.92 Å². The SMILES string of the molecule is COc1ccccc1CCN1CC(C(=O)N2CCn3c(nnc3C(F)(F)F)C2)CC1=O. The van der Waals surface area contributed by atoms with Gasteiger partial charge in [-0.15, -0.1) is 10.2 Å². The zero-order valence-electron chi connectivity index (χ0n) is 16.9. The number of methoxy groups -OCH3 is 1. The molecular formula is C20H22F3N5O3. The fourth-order valence-electron chi connectivity index (χ4n) is 4.13. The van der Waals surface area contributed by atoms with Crippen molar-refractivity contribution in [2.75, 3.05) is 26.7 Å². The molecule has 0 aliphatic carbocycles. The number of carbonyl (C=O) groups excluding carboxylic acids is 2. The van der Waals surface area contributed by atoms with Crippen LogP contribution in [-0.4, -0.2) is 63.1 Å². The van der Waals surface area contributed by atoms with E-state index in [1.807, 2.05) is 24.3 Å². The summed E-state index contributed by atoms with van der Waals surface area (Å²) in [6, 6.07) is 7.55.